The van der Waals surface area contributed by atoms with E-state index >= 15 is 0 Å². The molecule has 1 saturated carbocycles. The van der Waals surface area contributed by atoms with Gasteiger partial charge >= 0.3 is 0 Å². The van der Waals surface area contributed by atoms with Crippen molar-refractivity contribution < 1.29 is 13.9 Å². The largest absolute Gasteiger partial charge is 0.466 e. The Bertz CT molecular complexity index is 469. The van der Waals surface area contributed by atoms with Crippen LogP contribution in [0.4, 0.5) is 0 Å². The fraction of sp³-hybridized carbons (Fsp3) is 0.385. The van der Waals surface area contributed by atoms with Crippen LogP contribution in [-0.4, -0.2) is 5.11 Å². The molecule has 0 aromatic carbocycles. The lowest BCUT2D eigenvalue weighted by Gasteiger charge is -2.03. The van der Waals surface area contributed by atoms with Crippen molar-refractivity contribution in [2.75, 3.05) is 0 Å². The highest BCUT2D eigenvalue weighted by Crippen LogP contribution is 2.47. The lowest BCUT2D eigenvalue weighted by atomic mass is 10.2. The SMILES string of the molecule is CC1CC1c1ccc(C(O)c2ccco2)o1. The summed E-state index contributed by atoms with van der Waals surface area (Å²) in [4.78, 5) is 0. The lowest BCUT2D eigenvalue weighted by Crippen LogP contribution is -1.95. The van der Waals surface area contributed by atoms with Gasteiger partial charge in [0.25, 0.3) is 0 Å². The van der Waals surface area contributed by atoms with Crippen molar-refractivity contribution in [1.29, 1.82) is 0 Å². The first-order valence-electron chi connectivity index (χ1n) is 5.57. The van der Waals surface area contributed by atoms with Gasteiger partial charge in [0.2, 0.25) is 0 Å². The third-order valence-corrected chi connectivity index (χ3v) is 3.20. The second-order valence-corrected chi connectivity index (χ2v) is 4.48. The van der Waals surface area contributed by atoms with Crippen molar-refractivity contribution in [2.45, 2.75) is 25.4 Å². The zero-order chi connectivity index (χ0) is 11.1. The molecule has 0 aliphatic heterocycles. The van der Waals surface area contributed by atoms with E-state index < -0.39 is 6.10 Å². The van der Waals surface area contributed by atoms with Gasteiger partial charge in [0.1, 0.15) is 17.3 Å². The van der Waals surface area contributed by atoms with Crippen molar-refractivity contribution in [3.05, 3.63) is 47.8 Å². The smallest absolute Gasteiger partial charge is 0.169 e. The Morgan fingerprint density at radius 3 is 2.75 bits per heavy atom. The van der Waals surface area contributed by atoms with Crippen LogP contribution in [0.1, 0.15) is 42.6 Å². The Hall–Kier alpha value is -1.48. The highest BCUT2D eigenvalue weighted by Gasteiger charge is 2.37. The zero-order valence-electron chi connectivity index (χ0n) is 9.09. The highest BCUT2D eigenvalue weighted by molar-refractivity contribution is 5.22. The molecule has 0 saturated heterocycles. The summed E-state index contributed by atoms with van der Waals surface area (Å²) in [6.45, 7) is 2.20. The minimum absolute atomic E-state index is 0.518. The maximum atomic E-state index is 9.97. The standard InChI is InChI=1S/C13H14O3/c1-8-7-9(8)10-4-5-12(16-10)13(14)11-3-2-6-15-11/h2-6,8-9,13-14H,7H2,1H3. The van der Waals surface area contributed by atoms with E-state index in [0.717, 1.165) is 5.76 Å². The van der Waals surface area contributed by atoms with Crippen LogP contribution in [0.5, 0.6) is 0 Å². The average Bonchev–Trinajstić information content (AvgIpc) is 2.84. The molecule has 3 nitrogen and oxygen atoms in total. The van der Waals surface area contributed by atoms with Gasteiger partial charge in [-0.05, 0) is 36.6 Å². The Morgan fingerprint density at radius 1 is 1.31 bits per heavy atom. The van der Waals surface area contributed by atoms with Crippen molar-refractivity contribution in [2.24, 2.45) is 5.92 Å². The number of hydrogen-bond acceptors (Lipinski definition) is 3. The molecule has 0 amide bonds. The van der Waals surface area contributed by atoms with E-state index in [1.807, 2.05) is 12.1 Å². The van der Waals surface area contributed by atoms with Gasteiger partial charge in [-0.25, -0.2) is 0 Å². The van der Waals surface area contributed by atoms with E-state index in [-0.39, 0.29) is 0 Å². The number of aliphatic hydroxyl groups excluding tert-OH is 1. The Balaban J connectivity index is 1.82. The summed E-state index contributed by atoms with van der Waals surface area (Å²) < 4.78 is 10.8. The summed E-state index contributed by atoms with van der Waals surface area (Å²) in [7, 11) is 0. The molecule has 3 rings (SSSR count). The summed E-state index contributed by atoms with van der Waals surface area (Å²) in [6.07, 6.45) is 1.94. The molecule has 1 fully saturated rings. The molecule has 16 heavy (non-hydrogen) atoms. The third-order valence-electron chi connectivity index (χ3n) is 3.20. The van der Waals surface area contributed by atoms with Gasteiger partial charge in [-0.1, -0.05) is 6.92 Å². The van der Waals surface area contributed by atoms with E-state index in [9.17, 15) is 5.11 Å². The molecule has 2 aromatic rings. The van der Waals surface area contributed by atoms with Gasteiger partial charge in [-0.15, -0.1) is 0 Å². The molecular formula is C13H14O3. The summed E-state index contributed by atoms with van der Waals surface area (Å²) >= 11 is 0. The Kier molecular flexibility index (Phi) is 2.14. The summed E-state index contributed by atoms with van der Waals surface area (Å²) in [5.74, 6) is 3.30. The van der Waals surface area contributed by atoms with Crippen LogP contribution < -0.4 is 0 Å². The lowest BCUT2D eigenvalue weighted by molar-refractivity contribution is 0.160. The monoisotopic (exact) mass is 218 g/mol. The minimum Gasteiger partial charge on any atom is -0.466 e. The van der Waals surface area contributed by atoms with Crippen LogP contribution in [0.3, 0.4) is 0 Å². The highest BCUT2D eigenvalue weighted by atomic mass is 16.4. The fourth-order valence-corrected chi connectivity index (χ4v) is 2.02. The normalized spacial score (nSPS) is 25.6. The predicted octanol–water partition coefficient (Wildman–Crippen LogP) is 3.08. The van der Waals surface area contributed by atoms with Crippen LogP contribution in [0.15, 0.2) is 39.4 Å². The van der Waals surface area contributed by atoms with Gasteiger partial charge in [-0.2, -0.15) is 0 Å². The van der Waals surface area contributed by atoms with Crippen molar-refractivity contribution in [3.8, 4) is 0 Å². The van der Waals surface area contributed by atoms with E-state index in [1.165, 1.54) is 6.42 Å². The first-order valence-corrected chi connectivity index (χ1v) is 5.57. The molecule has 1 aliphatic rings. The summed E-state index contributed by atoms with van der Waals surface area (Å²) in [6, 6.07) is 7.28. The molecule has 84 valence electrons. The second-order valence-electron chi connectivity index (χ2n) is 4.48. The average molecular weight is 218 g/mol. The van der Waals surface area contributed by atoms with Gasteiger partial charge < -0.3 is 13.9 Å². The molecule has 0 radical (unpaired) electrons. The van der Waals surface area contributed by atoms with Crippen LogP contribution >= 0.6 is 0 Å². The third kappa shape index (κ3) is 1.57. The first kappa shape index (κ1) is 9.73. The molecule has 1 N–H and O–H groups in total. The van der Waals surface area contributed by atoms with E-state index in [0.29, 0.717) is 23.4 Å². The van der Waals surface area contributed by atoms with Crippen molar-refractivity contribution >= 4 is 0 Å². The molecule has 0 spiro atoms. The number of rotatable bonds is 3. The topological polar surface area (TPSA) is 46.5 Å². The first-order chi connectivity index (χ1) is 7.75. The van der Waals surface area contributed by atoms with Gasteiger partial charge in [0.05, 0.1) is 6.26 Å². The molecule has 3 atom stereocenters. The maximum absolute atomic E-state index is 9.97. The molecule has 1 aliphatic carbocycles. The summed E-state index contributed by atoms with van der Waals surface area (Å²) in [5, 5.41) is 9.97. The number of furan rings is 2. The van der Waals surface area contributed by atoms with E-state index in [4.69, 9.17) is 8.83 Å². The van der Waals surface area contributed by atoms with E-state index in [1.54, 1.807) is 18.4 Å². The quantitative estimate of drug-likeness (QED) is 0.861. The Labute approximate surface area is 93.7 Å². The molecular weight excluding hydrogens is 204 g/mol. The number of aliphatic hydroxyl groups is 1. The second kappa shape index (κ2) is 3.52. The molecule has 0 bridgehead atoms. The van der Waals surface area contributed by atoms with Gasteiger partial charge in [-0.3, -0.25) is 0 Å². The zero-order valence-corrected chi connectivity index (χ0v) is 9.09. The predicted molar refractivity (Wildman–Crippen MR) is 58.0 cm³/mol. The van der Waals surface area contributed by atoms with E-state index in [2.05, 4.69) is 6.92 Å². The van der Waals surface area contributed by atoms with Gasteiger partial charge in [0, 0.05) is 5.92 Å². The molecule has 3 heteroatoms. The molecule has 3 unspecified atom stereocenters. The minimum atomic E-state index is -0.794. The fourth-order valence-electron chi connectivity index (χ4n) is 2.02. The van der Waals surface area contributed by atoms with Crippen molar-refractivity contribution in [3.63, 3.8) is 0 Å². The molecule has 2 heterocycles. The van der Waals surface area contributed by atoms with Crippen molar-refractivity contribution in [1.82, 2.24) is 0 Å². The van der Waals surface area contributed by atoms with Gasteiger partial charge in [0.15, 0.2) is 6.10 Å². The van der Waals surface area contributed by atoms with Crippen LogP contribution in [0, 0.1) is 5.92 Å². The van der Waals surface area contributed by atoms with Crippen LogP contribution in [0.25, 0.3) is 0 Å². The van der Waals surface area contributed by atoms with Crippen LogP contribution in [-0.2, 0) is 0 Å². The number of hydrogen-bond donors (Lipinski definition) is 1. The Morgan fingerprint density at radius 2 is 2.12 bits per heavy atom. The van der Waals surface area contributed by atoms with Crippen LogP contribution in [0.2, 0.25) is 0 Å². The summed E-state index contributed by atoms with van der Waals surface area (Å²) in [5.41, 5.74) is 0. The maximum Gasteiger partial charge on any atom is 0.169 e. The molecule has 2 aromatic heterocycles.